The van der Waals surface area contributed by atoms with Crippen LogP contribution in [0, 0.1) is 19.8 Å². The van der Waals surface area contributed by atoms with Crippen molar-refractivity contribution in [1.82, 2.24) is 30.2 Å². The van der Waals surface area contributed by atoms with Crippen LogP contribution in [0.25, 0.3) is 16.6 Å². The maximum atomic E-state index is 12.8. The van der Waals surface area contributed by atoms with E-state index in [1.165, 1.54) is 19.3 Å². The van der Waals surface area contributed by atoms with Gasteiger partial charge in [-0.2, -0.15) is 10.2 Å². The minimum Gasteiger partial charge on any atom is -0.355 e. The third kappa shape index (κ3) is 4.89. The number of amides is 1. The summed E-state index contributed by atoms with van der Waals surface area (Å²) in [6, 6.07) is 10.8. The average Bonchev–Trinajstić information content (AvgIpc) is 3.24. The summed E-state index contributed by atoms with van der Waals surface area (Å²) in [5, 5.41) is 18.2. The molecule has 0 spiro atoms. The molecule has 4 heterocycles. The Kier molecular flexibility index (Phi) is 7.00. The fourth-order valence-electron chi connectivity index (χ4n) is 5.66. The summed E-state index contributed by atoms with van der Waals surface area (Å²) in [4.78, 5) is 17.6. The van der Waals surface area contributed by atoms with Gasteiger partial charge in [0.15, 0.2) is 5.82 Å². The largest absolute Gasteiger partial charge is 0.355 e. The smallest absolute Gasteiger partial charge is 0.223 e. The van der Waals surface area contributed by atoms with E-state index in [1.807, 2.05) is 29.8 Å². The van der Waals surface area contributed by atoms with Crippen molar-refractivity contribution in [3.05, 3.63) is 41.7 Å². The standard InChI is InChI=1S/C27H37N7O/c1-19-9-7-8-15-32(19)18-14-28-27(35)22-12-16-33(17-13-22)26-25-24(20(2)29-30-26)21(3)34(31-25)23-10-5-4-6-11-23/h4-6,10-11,19,22H,7-9,12-18H2,1-3H3,(H,28,35). The Labute approximate surface area is 207 Å². The number of piperidine rings is 2. The number of carbonyl (C=O) groups is 1. The highest BCUT2D eigenvalue weighted by Crippen LogP contribution is 2.31. The molecule has 186 valence electrons. The summed E-state index contributed by atoms with van der Waals surface area (Å²) < 4.78 is 1.98. The van der Waals surface area contributed by atoms with Crippen molar-refractivity contribution in [2.24, 2.45) is 5.92 Å². The van der Waals surface area contributed by atoms with Crippen molar-refractivity contribution in [2.45, 2.75) is 58.9 Å². The van der Waals surface area contributed by atoms with Gasteiger partial charge in [-0.1, -0.05) is 24.6 Å². The number of hydrogen-bond acceptors (Lipinski definition) is 6. The Balaban J connectivity index is 1.24. The first kappa shape index (κ1) is 23.7. The van der Waals surface area contributed by atoms with E-state index in [9.17, 15) is 4.79 Å². The quantitative estimate of drug-likeness (QED) is 0.586. The topological polar surface area (TPSA) is 79.2 Å². The molecule has 1 aromatic carbocycles. The molecule has 2 fully saturated rings. The van der Waals surface area contributed by atoms with Gasteiger partial charge in [0.25, 0.3) is 0 Å². The van der Waals surface area contributed by atoms with Crippen LogP contribution < -0.4 is 10.2 Å². The van der Waals surface area contributed by atoms with Gasteiger partial charge < -0.3 is 10.2 Å². The predicted octanol–water partition coefficient (Wildman–Crippen LogP) is 3.64. The third-order valence-electron chi connectivity index (χ3n) is 7.79. The molecule has 2 aliphatic rings. The van der Waals surface area contributed by atoms with Crippen molar-refractivity contribution >= 4 is 22.6 Å². The van der Waals surface area contributed by atoms with Crippen molar-refractivity contribution in [3.63, 3.8) is 0 Å². The van der Waals surface area contributed by atoms with Crippen LogP contribution in [-0.2, 0) is 4.79 Å². The third-order valence-corrected chi connectivity index (χ3v) is 7.79. The molecule has 8 nitrogen and oxygen atoms in total. The lowest BCUT2D eigenvalue weighted by atomic mass is 9.95. The number of fused-ring (bicyclic) bond motifs is 1. The molecular formula is C27H37N7O. The Hall–Kier alpha value is -3.00. The highest BCUT2D eigenvalue weighted by molar-refractivity contribution is 5.92. The lowest BCUT2D eigenvalue weighted by Crippen LogP contribution is -2.45. The number of hydrogen-bond donors (Lipinski definition) is 1. The number of nitrogens with one attached hydrogen (secondary N) is 1. The number of aryl methyl sites for hydroxylation is 2. The van der Waals surface area contributed by atoms with E-state index in [4.69, 9.17) is 5.10 Å². The zero-order valence-electron chi connectivity index (χ0n) is 21.2. The van der Waals surface area contributed by atoms with E-state index in [0.29, 0.717) is 6.04 Å². The molecular weight excluding hydrogens is 438 g/mol. The van der Waals surface area contributed by atoms with E-state index in [0.717, 1.165) is 79.4 Å². The molecule has 1 atom stereocenters. The second kappa shape index (κ2) is 10.3. The molecule has 3 aromatic rings. The number of rotatable bonds is 6. The fraction of sp³-hybridized carbons (Fsp3) is 0.556. The Morgan fingerprint density at radius 1 is 1.03 bits per heavy atom. The highest BCUT2D eigenvalue weighted by atomic mass is 16.1. The maximum Gasteiger partial charge on any atom is 0.223 e. The van der Waals surface area contributed by atoms with Gasteiger partial charge in [-0.25, -0.2) is 4.68 Å². The lowest BCUT2D eigenvalue weighted by Gasteiger charge is -2.34. The molecule has 1 unspecified atom stereocenters. The molecule has 2 aliphatic heterocycles. The van der Waals surface area contributed by atoms with Gasteiger partial charge in [0, 0.05) is 38.1 Å². The van der Waals surface area contributed by atoms with Crippen LogP contribution in [0.4, 0.5) is 5.82 Å². The van der Waals surface area contributed by atoms with E-state index >= 15 is 0 Å². The van der Waals surface area contributed by atoms with E-state index in [-0.39, 0.29) is 11.8 Å². The minimum absolute atomic E-state index is 0.0579. The Morgan fingerprint density at radius 2 is 1.80 bits per heavy atom. The fourth-order valence-corrected chi connectivity index (χ4v) is 5.66. The van der Waals surface area contributed by atoms with Crippen LogP contribution in [0.15, 0.2) is 30.3 Å². The molecule has 1 amide bonds. The Bertz CT molecular complexity index is 1170. The second-order valence-corrected chi connectivity index (χ2v) is 10.1. The van der Waals surface area contributed by atoms with Gasteiger partial charge in [-0.3, -0.25) is 9.69 Å². The van der Waals surface area contributed by atoms with E-state index in [1.54, 1.807) is 0 Å². The zero-order chi connectivity index (χ0) is 24.4. The normalized spacial score (nSPS) is 19.9. The number of para-hydroxylation sites is 1. The first-order chi connectivity index (χ1) is 17.0. The molecule has 2 saturated heterocycles. The second-order valence-electron chi connectivity index (χ2n) is 10.1. The van der Waals surface area contributed by atoms with Crippen LogP contribution >= 0.6 is 0 Å². The van der Waals surface area contributed by atoms with E-state index < -0.39 is 0 Å². The summed E-state index contributed by atoms with van der Waals surface area (Å²) >= 11 is 0. The maximum absolute atomic E-state index is 12.8. The number of anilines is 1. The molecule has 8 heteroatoms. The van der Waals surface area contributed by atoms with Crippen LogP contribution in [0.2, 0.25) is 0 Å². The van der Waals surface area contributed by atoms with Gasteiger partial charge in [-0.05, 0) is 65.1 Å². The monoisotopic (exact) mass is 475 g/mol. The first-order valence-corrected chi connectivity index (χ1v) is 13.1. The van der Waals surface area contributed by atoms with Crippen LogP contribution in [0.3, 0.4) is 0 Å². The predicted molar refractivity (Wildman–Crippen MR) is 139 cm³/mol. The van der Waals surface area contributed by atoms with Crippen molar-refractivity contribution in [2.75, 3.05) is 37.6 Å². The number of aromatic nitrogens is 4. The SMILES string of the molecule is Cc1nnc(N2CCC(C(=O)NCCN3CCCCC3C)CC2)c2nn(-c3ccccc3)c(C)c12. The summed E-state index contributed by atoms with van der Waals surface area (Å²) in [6.07, 6.45) is 5.51. The minimum atomic E-state index is 0.0579. The van der Waals surface area contributed by atoms with Gasteiger partial charge in [0.2, 0.25) is 5.91 Å². The lowest BCUT2D eigenvalue weighted by molar-refractivity contribution is -0.125. The van der Waals surface area contributed by atoms with E-state index in [2.05, 4.69) is 51.3 Å². The number of carbonyl (C=O) groups excluding carboxylic acids is 1. The number of benzene rings is 1. The molecule has 0 bridgehead atoms. The van der Waals surface area contributed by atoms with Crippen LogP contribution in [-0.4, -0.2) is 69.6 Å². The molecule has 5 rings (SSSR count). The van der Waals surface area contributed by atoms with Crippen molar-refractivity contribution in [1.29, 1.82) is 0 Å². The average molecular weight is 476 g/mol. The summed E-state index contributed by atoms with van der Waals surface area (Å²) in [5.41, 5.74) is 3.87. The zero-order valence-corrected chi connectivity index (χ0v) is 21.2. The van der Waals surface area contributed by atoms with Crippen LogP contribution in [0.5, 0.6) is 0 Å². The molecule has 1 N–H and O–H groups in total. The van der Waals surface area contributed by atoms with Crippen molar-refractivity contribution in [3.8, 4) is 5.69 Å². The van der Waals surface area contributed by atoms with Crippen molar-refractivity contribution < 1.29 is 4.79 Å². The van der Waals surface area contributed by atoms with Gasteiger partial charge in [0.05, 0.1) is 22.5 Å². The summed E-state index contributed by atoms with van der Waals surface area (Å²) in [6.45, 7) is 10.8. The van der Waals surface area contributed by atoms with Gasteiger partial charge >= 0.3 is 0 Å². The first-order valence-electron chi connectivity index (χ1n) is 13.1. The highest BCUT2D eigenvalue weighted by Gasteiger charge is 2.28. The van der Waals surface area contributed by atoms with Gasteiger partial charge in [0.1, 0.15) is 5.52 Å². The number of nitrogens with zero attached hydrogens (tertiary/aromatic N) is 6. The van der Waals surface area contributed by atoms with Gasteiger partial charge in [-0.15, -0.1) is 5.10 Å². The van der Waals surface area contributed by atoms with Crippen LogP contribution in [0.1, 0.15) is 50.4 Å². The molecule has 2 aromatic heterocycles. The number of likely N-dealkylation sites (tertiary alicyclic amines) is 1. The molecule has 0 radical (unpaired) electrons. The molecule has 0 saturated carbocycles. The Morgan fingerprint density at radius 3 is 2.54 bits per heavy atom. The molecule has 35 heavy (non-hydrogen) atoms. The summed E-state index contributed by atoms with van der Waals surface area (Å²) in [7, 11) is 0. The summed E-state index contributed by atoms with van der Waals surface area (Å²) in [5.74, 6) is 1.07. The molecule has 0 aliphatic carbocycles.